The molecule has 0 radical (unpaired) electrons. The Morgan fingerprint density at radius 2 is 2.50 bits per heavy atom. The summed E-state index contributed by atoms with van der Waals surface area (Å²) in [6, 6.07) is 2.05. The molecule has 1 aliphatic heterocycles. The highest BCUT2D eigenvalue weighted by atomic mass is 32.1. The van der Waals surface area contributed by atoms with E-state index in [2.05, 4.69) is 5.32 Å². The highest BCUT2D eigenvalue weighted by Gasteiger charge is 2.25. The first-order chi connectivity index (χ1) is 5.86. The maximum absolute atomic E-state index is 9.40. The van der Waals surface area contributed by atoms with E-state index in [1.54, 1.807) is 11.3 Å². The molecular formula is C8H11NO2S. The third kappa shape index (κ3) is 1.60. The number of aliphatic hydroxyl groups is 1. The summed E-state index contributed by atoms with van der Waals surface area (Å²) in [6.45, 7) is 1.04. The van der Waals surface area contributed by atoms with Crippen molar-refractivity contribution in [2.75, 3.05) is 18.5 Å². The summed E-state index contributed by atoms with van der Waals surface area (Å²) in [4.78, 5) is 0. The van der Waals surface area contributed by atoms with Crippen molar-refractivity contribution in [3.8, 4) is 0 Å². The van der Waals surface area contributed by atoms with Crippen LogP contribution in [0.5, 0.6) is 0 Å². The van der Waals surface area contributed by atoms with E-state index in [1.165, 1.54) is 0 Å². The van der Waals surface area contributed by atoms with E-state index in [0.717, 1.165) is 5.69 Å². The van der Waals surface area contributed by atoms with Crippen molar-refractivity contribution in [3.63, 3.8) is 0 Å². The van der Waals surface area contributed by atoms with Crippen LogP contribution in [-0.2, 0) is 4.74 Å². The Morgan fingerprint density at radius 3 is 3.08 bits per heavy atom. The number of aliphatic hydroxyl groups excluding tert-OH is 1. The van der Waals surface area contributed by atoms with E-state index in [9.17, 15) is 5.11 Å². The van der Waals surface area contributed by atoms with Crippen LogP contribution in [0.15, 0.2) is 16.8 Å². The van der Waals surface area contributed by atoms with Gasteiger partial charge in [-0.25, -0.2) is 0 Å². The molecular weight excluding hydrogens is 174 g/mol. The van der Waals surface area contributed by atoms with Gasteiger partial charge in [-0.3, -0.25) is 0 Å². The Morgan fingerprint density at radius 1 is 1.58 bits per heavy atom. The first kappa shape index (κ1) is 8.04. The smallest absolute Gasteiger partial charge is 0.0996 e. The highest BCUT2D eigenvalue weighted by Crippen LogP contribution is 2.16. The van der Waals surface area contributed by atoms with Crippen LogP contribution in [0.3, 0.4) is 0 Å². The summed E-state index contributed by atoms with van der Waals surface area (Å²) in [5.41, 5.74) is 1.06. The lowest BCUT2D eigenvalue weighted by atomic mass is 10.2. The van der Waals surface area contributed by atoms with Crippen molar-refractivity contribution in [1.82, 2.24) is 0 Å². The molecule has 2 atom stereocenters. The number of nitrogens with one attached hydrogen (secondary N) is 1. The predicted molar refractivity (Wildman–Crippen MR) is 48.6 cm³/mol. The maximum Gasteiger partial charge on any atom is 0.0996 e. The number of thiophene rings is 1. The number of rotatable bonds is 2. The van der Waals surface area contributed by atoms with Gasteiger partial charge in [-0.05, 0) is 11.4 Å². The topological polar surface area (TPSA) is 41.5 Å². The fourth-order valence-corrected chi connectivity index (χ4v) is 1.84. The van der Waals surface area contributed by atoms with Gasteiger partial charge in [-0.1, -0.05) is 0 Å². The van der Waals surface area contributed by atoms with Crippen LogP contribution in [0.25, 0.3) is 0 Å². The second kappa shape index (κ2) is 3.43. The quantitative estimate of drug-likeness (QED) is 0.720. The molecule has 2 N–H and O–H groups in total. The van der Waals surface area contributed by atoms with Crippen LogP contribution in [0.1, 0.15) is 0 Å². The molecule has 1 aromatic heterocycles. The van der Waals surface area contributed by atoms with Crippen molar-refractivity contribution in [2.45, 2.75) is 12.1 Å². The third-order valence-corrected chi connectivity index (χ3v) is 2.61. The summed E-state index contributed by atoms with van der Waals surface area (Å²) < 4.78 is 5.11. The van der Waals surface area contributed by atoms with Gasteiger partial charge in [-0.2, -0.15) is 11.3 Å². The van der Waals surface area contributed by atoms with Gasteiger partial charge >= 0.3 is 0 Å². The van der Waals surface area contributed by atoms with Gasteiger partial charge in [0.15, 0.2) is 0 Å². The highest BCUT2D eigenvalue weighted by molar-refractivity contribution is 7.08. The van der Waals surface area contributed by atoms with Gasteiger partial charge < -0.3 is 15.2 Å². The van der Waals surface area contributed by atoms with Gasteiger partial charge in [0.05, 0.1) is 25.4 Å². The Balaban J connectivity index is 1.95. The van der Waals surface area contributed by atoms with Crippen LogP contribution in [0.4, 0.5) is 5.69 Å². The van der Waals surface area contributed by atoms with Gasteiger partial charge in [0.2, 0.25) is 0 Å². The monoisotopic (exact) mass is 185 g/mol. The lowest BCUT2D eigenvalue weighted by molar-refractivity contribution is 0.125. The van der Waals surface area contributed by atoms with Crippen LogP contribution in [0.2, 0.25) is 0 Å². The summed E-state index contributed by atoms with van der Waals surface area (Å²) >= 11 is 1.64. The predicted octanol–water partition coefficient (Wildman–Crippen LogP) is 0.920. The van der Waals surface area contributed by atoms with Crippen molar-refractivity contribution < 1.29 is 9.84 Å². The first-order valence-electron chi connectivity index (χ1n) is 3.91. The second-order valence-electron chi connectivity index (χ2n) is 2.87. The molecule has 0 amide bonds. The minimum Gasteiger partial charge on any atom is -0.388 e. The van der Waals surface area contributed by atoms with E-state index in [-0.39, 0.29) is 12.1 Å². The van der Waals surface area contributed by atoms with E-state index in [0.29, 0.717) is 13.2 Å². The fourth-order valence-electron chi connectivity index (χ4n) is 1.24. The number of hydrogen-bond donors (Lipinski definition) is 2. The Labute approximate surface area is 75.0 Å². The van der Waals surface area contributed by atoms with Crippen LogP contribution < -0.4 is 5.32 Å². The summed E-state index contributed by atoms with van der Waals surface area (Å²) in [6.07, 6.45) is -0.370. The van der Waals surface area contributed by atoms with Crippen molar-refractivity contribution in [3.05, 3.63) is 16.8 Å². The molecule has 12 heavy (non-hydrogen) atoms. The zero-order valence-corrected chi connectivity index (χ0v) is 7.38. The number of hydrogen-bond acceptors (Lipinski definition) is 4. The molecule has 0 aliphatic carbocycles. The van der Waals surface area contributed by atoms with Gasteiger partial charge in [0, 0.05) is 11.1 Å². The third-order valence-electron chi connectivity index (χ3n) is 1.92. The molecule has 1 fully saturated rings. The Bertz CT molecular complexity index is 237. The SMILES string of the molecule is OC1COCC1Nc1ccsc1. The molecule has 66 valence electrons. The molecule has 2 unspecified atom stereocenters. The Hall–Kier alpha value is -0.580. The summed E-state index contributed by atoms with van der Waals surface area (Å²) in [5.74, 6) is 0. The van der Waals surface area contributed by atoms with Gasteiger partial charge in [0.1, 0.15) is 0 Å². The largest absolute Gasteiger partial charge is 0.388 e. The number of anilines is 1. The van der Waals surface area contributed by atoms with Crippen molar-refractivity contribution >= 4 is 17.0 Å². The molecule has 1 aliphatic rings. The fraction of sp³-hybridized carbons (Fsp3) is 0.500. The van der Waals surface area contributed by atoms with E-state index < -0.39 is 0 Å². The zero-order chi connectivity index (χ0) is 8.39. The molecule has 0 spiro atoms. The normalized spacial score (nSPS) is 29.1. The zero-order valence-electron chi connectivity index (χ0n) is 6.56. The summed E-state index contributed by atoms with van der Waals surface area (Å²) in [7, 11) is 0. The molecule has 2 heterocycles. The second-order valence-corrected chi connectivity index (χ2v) is 3.65. The lowest BCUT2D eigenvalue weighted by Gasteiger charge is -2.13. The van der Waals surface area contributed by atoms with Gasteiger partial charge in [-0.15, -0.1) is 0 Å². The van der Waals surface area contributed by atoms with Crippen LogP contribution in [-0.4, -0.2) is 30.5 Å². The van der Waals surface area contributed by atoms with Crippen LogP contribution in [0, 0.1) is 0 Å². The average molecular weight is 185 g/mol. The van der Waals surface area contributed by atoms with Crippen LogP contribution >= 0.6 is 11.3 Å². The lowest BCUT2D eigenvalue weighted by Crippen LogP contribution is -2.31. The maximum atomic E-state index is 9.40. The minimum atomic E-state index is -0.370. The number of ether oxygens (including phenoxy) is 1. The van der Waals surface area contributed by atoms with Gasteiger partial charge in [0.25, 0.3) is 0 Å². The van der Waals surface area contributed by atoms with Crippen molar-refractivity contribution in [1.29, 1.82) is 0 Å². The van der Waals surface area contributed by atoms with E-state index in [4.69, 9.17) is 4.74 Å². The van der Waals surface area contributed by atoms with Crippen molar-refractivity contribution in [2.24, 2.45) is 0 Å². The molecule has 1 saturated heterocycles. The molecule has 1 aromatic rings. The molecule has 4 heteroatoms. The molecule has 2 rings (SSSR count). The van der Waals surface area contributed by atoms with E-state index >= 15 is 0 Å². The Kier molecular flexibility index (Phi) is 2.30. The standard InChI is InChI=1S/C8H11NO2S/c10-8-4-11-3-7(8)9-6-1-2-12-5-6/h1-2,5,7-10H,3-4H2. The molecule has 0 aromatic carbocycles. The summed E-state index contributed by atoms with van der Waals surface area (Å²) in [5, 5.41) is 16.6. The minimum absolute atomic E-state index is 0.0552. The molecule has 0 saturated carbocycles. The average Bonchev–Trinajstić information content (AvgIpc) is 2.65. The molecule has 3 nitrogen and oxygen atoms in total. The first-order valence-corrected chi connectivity index (χ1v) is 4.85. The van der Waals surface area contributed by atoms with E-state index in [1.807, 2.05) is 16.8 Å². The molecule has 0 bridgehead atoms.